The first-order chi connectivity index (χ1) is 15.2. The molecule has 0 bridgehead atoms. The minimum Gasteiger partial charge on any atom is -0.508 e. The molecule has 0 aliphatic heterocycles. The third-order valence-corrected chi connectivity index (χ3v) is 4.14. The molecule has 0 atom stereocenters. The van der Waals surface area contributed by atoms with Crippen molar-refractivity contribution in [3.63, 3.8) is 0 Å². The number of aromatic hydroxyl groups is 4. The van der Waals surface area contributed by atoms with Crippen LogP contribution < -0.4 is 0 Å². The van der Waals surface area contributed by atoms with Crippen LogP contribution >= 0.6 is 0 Å². The van der Waals surface area contributed by atoms with E-state index in [9.17, 15) is 0 Å². The van der Waals surface area contributed by atoms with Gasteiger partial charge in [0.05, 0.1) is 0 Å². The van der Waals surface area contributed by atoms with E-state index in [2.05, 4.69) is 0 Å². The van der Waals surface area contributed by atoms with Gasteiger partial charge in [-0.15, -0.1) is 0 Å². The zero-order valence-corrected chi connectivity index (χ0v) is 21.1. The van der Waals surface area contributed by atoms with Crippen molar-refractivity contribution in [3.8, 4) is 23.0 Å². The van der Waals surface area contributed by atoms with Gasteiger partial charge in [-0.05, 0) is 76.2 Å². The maximum atomic E-state index is 8.76. The number of hydrogen-bond donors (Lipinski definition) is 4. The Labute approximate surface area is 211 Å². The summed E-state index contributed by atoms with van der Waals surface area (Å²) >= 11 is 0. The minimum absolute atomic E-state index is 0. The van der Waals surface area contributed by atoms with E-state index >= 15 is 0 Å². The molecule has 4 aromatic rings. The summed E-state index contributed by atoms with van der Waals surface area (Å²) in [4.78, 5) is 0. The van der Waals surface area contributed by atoms with Crippen molar-refractivity contribution in [1.82, 2.24) is 0 Å². The fourth-order valence-electron chi connectivity index (χ4n) is 2.18. The molecule has 33 heavy (non-hydrogen) atoms. The Morgan fingerprint density at radius 2 is 0.424 bits per heavy atom. The Balaban J connectivity index is 0.000000410. The SMILES string of the molecule is Cc1ccc(O)cc1.Cc1ccc(O)cc1.Cc1ccc(O)cc1.Cc1ccc(O)cc1.[Ti]. The minimum atomic E-state index is 0. The van der Waals surface area contributed by atoms with E-state index in [-0.39, 0.29) is 21.7 Å². The molecule has 0 saturated heterocycles. The Morgan fingerprint density at radius 3 is 0.515 bits per heavy atom. The van der Waals surface area contributed by atoms with Gasteiger partial charge in [0.25, 0.3) is 0 Å². The van der Waals surface area contributed by atoms with Gasteiger partial charge < -0.3 is 20.4 Å². The summed E-state index contributed by atoms with van der Waals surface area (Å²) in [6.45, 7) is 7.94. The monoisotopic (exact) mass is 480 g/mol. The van der Waals surface area contributed by atoms with Crippen molar-refractivity contribution < 1.29 is 42.1 Å². The molecule has 0 unspecified atom stereocenters. The van der Waals surface area contributed by atoms with Gasteiger partial charge in [0, 0.05) is 21.7 Å². The van der Waals surface area contributed by atoms with Gasteiger partial charge in [0.2, 0.25) is 0 Å². The largest absolute Gasteiger partial charge is 0.508 e. The van der Waals surface area contributed by atoms with Crippen molar-refractivity contribution in [3.05, 3.63) is 119 Å². The smallest absolute Gasteiger partial charge is 0.115 e. The summed E-state index contributed by atoms with van der Waals surface area (Å²) < 4.78 is 0. The third kappa shape index (κ3) is 15.3. The van der Waals surface area contributed by atoms with Gasteiger partial charge in [0.15, 0.2) is 0 Å². The van der Waals surface area contributed by atoms with Crippen LogP contribution in [-0.2, 0) is 21.7 Å². The molecule has 0 aliphatic rings. The fraction of sp³-hybridized carbons (Fsp3) is 0.143. The second-order valence-electron chi connectivity index (χ2n) is 7.34. The van der Waals surface area contributed by atoms with Crippen molar-refractivity contribution >= 4 is 0 Å². The second-order valence-corrected chi connectivity index (χ2v) is 7.34. The molecule has 0 heterocycles. The molecule has 0 aliphatic carbocycles. The number of rotatable bonds is 0. The molecule has 0 amide bonds. The van der Waals surface area contributed by atoms with Gasteiger partial charge >= 0.3 is 0 Å². The Bertz CT molecular complexity index is 753. The van der Waals surface area contributed by atoms with Crippen LogP contribution in [0, 0.1) is 27.7 Å². The van der Waals surface area contributed by atoms with Crippen molar-refractivity contribution in [1.29, 1.82) is 0 Å². The molecule has 0 saturated carbocycles. The molecule has 0 aromatic heterocycles. The summed E-state index contributed by atoms with van der Waals surface area (Å²) in [7, 11) is 0. The van der Waals surface area contributed by atoms with E-state index in [0.717, 1.165) is 0 Å². The number of aryl methyl sites for hydroxylation is 4. The average molecular weight is 480 g/mol. The van der Waals surface area contributed by atoms with E-state index in [0.29, 0.717) is 23.0 Å². The summed E-state index contributed by atoms with van der Waals surface area (Å²) in [6.07, 6.45) is 0. The maximum absolute atomic E-state index is 8.76. The fourth-order valence-corrected chi connectivity index (χ4v) is 2.18. The van der Waals surface area contributed by atoms with E-state index in [1.54, 1.807) is 48.5 Å². The molecule has 5 heteroatoms. The van der Waals surface area contributed by atoms with Crippen LogP contribution in [0.2, 0.25) is 0 Å². The van der Waals surface area contributed by atoms with Crippen molar-refractivity contribution in [2.24, 2.45) is 0 Å². The maximum Gasteiger partial charge on any atom is 0.115 e. The zero-order valence-electron chi connectivity index (χ0n) is 19.5. The Morgan fingerprint density at radius 1 is 0.303 bits per heavy atom. The summed E-state index contributed by atoms with van der Waals surface area (Å²) in [5.74, 6) is 1.32. The third-order valence-electron chi connectivity index (χ3n) is 4.14. The van der Waals surface area contributed by atoms with Crippen LogP contribution in [0.15, 0.2) is 97.1 Å². The summed E-state index contributed by atoms with van der Waals surface area (Å²) in [5, 5.41) is 35.0. The standard InChI is InChI=1S/4C7H8O.Ti/c4*1-6-2-4-7(8)5-3-6;/h4*2-5,8H,1H3;. The predicted octanol–water partition coefficient (Wildman–Crippen LogP) is 6.80. The Kier molecular flexibility index (Phi) is 14.8. The first kappa shape index (κ1) is 29.8. The predicted molar refractivity (Wildman–Crippen MR) is 131 cm³/mol. The first-order valence-electron chi connectivity index (χ1n) is 10.2. The molecule has 4 rings (SSSR count). The summed E-state index contributed by atoms with van der Waals surface area (Å²) in [5.41, 5.74) is 4.68. The van der Waals surface area contributed by atoms with Crippen LogP contribution in [0.25, 0.3) is 0 Å². The number of phenolic OH excluding ortho intramolecular Hbond substituents is 4. The topological polar surface area (TPSA) is 80.9 Å². The van der Waals surface area contributed by atoms with Gasteiger partial charge in [-0.2, -0.15) is 0 Å². The normalized spacial score (nSPS) is 8.85. The van der Waals surface area contributed by atoms with Crippen LogP contribution in [0.1, 0.15) is 22.3 Å². The van der Waals surface area contributed by atoms with E-state index in [1.807, 2.05) is 76.2 Å². The summed E-state index contributed by atoms with van der Waals surface area (Å²) in [6, 6.07) is 28.4. The zero-order chi connectivity index (χ0) is 23.9. The average Bonchev–Trinajstić information content (AvgIpc) is 2.78. The number of benzene rings is 4. The van der Waals surface area contributed by atoms with Crippen LogP contribution in [0.5, 0.6) is 23.0 Å². The second kappa shape index (κ2) is 16.4. The van der Waals surface area contributed by atoms with E-state index in [1.165, 1.54) is 22.3 Å². The first-order valence-corrected chi connectivity index (χ1v) is 10.2. The van der Waals surface area contributed by atoms with Crippen LogP contribution in [0.4, 0.5) is 0 Å². The van der Waals surface area contributed by atoms with Crippen molar-refractivity contribution in [2.45, 2.75) is 27.7 Å². The van der Waals surface area contributed by atoms with Crippen LogP contribution in [0.3, 0.4) is 0 Å². The molecule has 0 fully saturated rings. The quantitative estimate of drug-likeness (QED) is 0.209. The van der Waals surface area contributed by atoms with Gasteiger partial charge in [-0.3, -0.25) is 0 Å². The van der Waals surface area contributed by atoms with Crippen molar-refractivity contribution in [2.75, 3.05) is 0 Å². The molecule has 4 nitrogen and oxygen atoms in total. The molecular weight excluding hydrogens is 448 g/mol. The van der Waals surface area contributed by atoms with E-state index < -0.39 is 0 Å². The molecule has 172 valence electrons. The molecule has 0 radical (unpaired) electrons. The molecule has 0 spiro atoms. The Hall–Kier alpha value is -3.21. The van der Waals surface area contributed by atoms with Crippen LogP contribution in [-0.4, -0.2) is 20.4 Å². The number of hydrogen-bond acceptors (Lipinski definition) is 4. The number of phenols is 4. The molecular formula is C28H32O4Ti. The van der Waals surface area contributed by atoms with Gasteiger partial charge in [-0.25, -0.2) is 0 Å². The molecule has 4 aromatic carbocycles. The van der Waals surface area contributed by atoms with Gasteiger partial charge in [0.1, 0.15) is 23.0 Å². The van der Waals surface area contributed by atoms with E-state index in [4.69, 9.17) is 20.4 Å². The molecule has 4 N–H and O–H groups in total. The van der Waals surface area contributed by atoms with Gasteiger partial charge in [-0.1, -0.05) is 70.8 Å².